The summed E-state index contributed by atoms with van der Waals surface area (Å²) < 4.78 is 5.28. The number of benzene rings is 1. The van der Waals surface area contributed by atoms with Crippen LogP contribution in [0.2, 0.25) is 0 Å². The lowest BCUT2D eigenvalue weighted by molar-refractivity contribution is -0.117. The minimum atomic E-state index is -0.214. The minimum Gasteiger partial charge on any atom is -0.497 e. The molecule has 4 heteroatoms. The molecule has 0 unspecified atom stereocenters. The summed E-state index contributed by atoms with van der Waals surface area (Å²) in [6, 6.07) is 7.85. The zero-order valence-corrected chi connectivity index (χ0v) is 15.5. The van der Waals surface area contributed by atoms with E-state index in [9.17, 15) is 9.59 Å². The molecule has 0 radical (unpaired) electrons. The highest BCUT2D eigenvalue weighted by Crippen LogP contribution is 2.49. The third kappa shape index (κ3) is 2.59. The maximum absolute atomic E-state index is 12.9. The zero-order chi connectivity index (χ0) is 18.3. The highest BCUT2D eigenvalue weighted by molar-refractivity contribution is 6.06. The second-order valence-electron chi connectivity index (χ2n) is 7.22. The van der Waals surface area contributed by atoms with Crippen LogP contribution in [-0.2, 0) is 9.59 Å². The summed E-state index contributed by atoms with van der Waals surface area (Å²) in [5, 5.41) is 0. The number of carbonyl (C=O) groups is 2. The van der Waals surface area contributed by atoms with Crippen molar-refractivity contribution in [2.45, 2.75) is 51.4 Å². The predicted molar refractivity (Wildman–Crippen MR) is 99.9 cm³/mol. The van der Waals surface area contributed by atoms with Gasteiger partial charge in [-0.25, -0.2) is 0 Å². The summed E-state index contributed by atoms with van der Waals surface area (Å²) >= 11 is 0. The van der Waals surface area contributed by atoms with Gasteiger partial charge in [0.1, 0.15) is 5.75 Å². The van der Waals surface area contributed by atoms with Crippen LogP contribution in [0.15, 0.2) is 46.8 Å². The predicted octanol–water partition coefficient (Wildman–Crippen LogP) is 4.13. The quantitative estimate of drug-likeness (QED) is 0.821. The maximum atomic E-state index is 12.9. The topological polar surface area (TPSA) is 46.6 Å². The number of allylic oxidation sites excluding steroid dienone is 4. The van der Waals surface area contributed by atoms with Crippen molar-refractivity contribution < 1.29 is 14.3 Å². The van der Waals surface area contributed by atoms with E-state index in [1.54, 1.807) is 7.11 Å². The number of hydrogen-bond donors (Lipinski definition) is 0. The average Bonchev–Trinajstić information content (AvgIpc) is 2.67. The Balaban J connectivity index is 1.92. The summed E-state index contributed by atoms with van der Waals surface area (Å²) in [5.74, 6) is 0.980. The molecule has 2 aliphatic carbocycles. The van der Waals surface area contributed by atoms with E-state index in [1.807, 2.05) is 24.3 Å². The molecule has 0 fully saturated rings. The van der Waals surface area contributed by atoms with Crippen LogP contribution in [0, 0.1) is 0 Å². The second-order valence-corrected chi connectivity index (χ2v) is 7.22. The number of hydrogen-bond acceptors (Lipinski definition) is 4. The Kier molecular flexibility index (Phi) is 4.43. The van der Waals surface area contributed by atoms with Gasteiger partial charge in [0, 0.05) is 47.8 Å². The molecule has 0 aromatic heterocycles. The molecule has 0 atom stereocenters. The van der Waals surface area contributed by atoms with Crippen LogP contribution in [0.1, 0.15) is 56.9 Å². The van der Waals surface area contributed by atoms with Crippen LogP contribution in [0.25, 0.3) is 0 Å². The van der Waals surface area contributed by atoms with Gasteiger partial charge in [-0.15, -0.1) is 0 Å². The van der Waals surface area contributed by atoms with Crippen LogP contribution < -0.4 is 4.74 Å². The Bertz CT molecular complexity index is 772. The summed E-state index contributed by atoms with van der Waals surface area (Å²) in [7, 11) is 1.64. The SMILES string of the molecule is CCN1C2=C(C(=O)CCC2)C(c2ccc(OC)cc2)C2=C1CCCC2=O. The summed E-state index contributed by atoms with van der Waals surface area (Å²) in [6.45, 7) is 2.93. The van der Waals surface area contributed by atoms with Gasteiger partial charge in [0.2, 0.25) is 0 Å². The first-order valence-electron chi connectivity index (χ1n) is 9.59. The highest BCUT2D eigenvalue weighted by atomic mass is 16.5. The van der Waals surface area contributed by atoms with Crippen molar-refractivity contribution in [2.75, 3.05) is 13.7 Å². The highest BCUT2D eigenvalue weighted by Gasteiger charge is 2.42. The number of Topliss-reactive ketones (excluding diaryl/α,β-unsaturated/α-hetero) is 2. The minimum absolute atomic E-state index is 0.204. The monoisotopic (exact) mass is 351 g/mol. The van der Waals surface area contributed by atoms with Gasteiger partial charge in [0.15, 0.2) is 11.6 Å². The molecular formula is C22H25NO3. The first-order chi connectivity index (χ1) is 12.7. The lowest BCUT2D eigenvalue weighted by atomic mass is 9.71. The smallest absolute Gasteiger partial charge is 0.161 e. The van der Waals surface area contributed by atoms with E-state index in [4.69, 9.17) is 4.74 Å². The van der Waals surface area contributed by atoms with Crippen LogP contribution in [0.4, 0.5) is 0 Å². The van der Waals surface area contributed by atoms with Crippen molar-refractivity contribution in [2.24, 2.45) is 0 Å². The second kappa shape index (κ2) is 6.75. The van der Waals surface area contributed by atoms with Gasteiger partial charge in [0.05, 0.1) is 7.11 Å². The summed E-state index contributed by atoms with van der Waals surface area (Å²) in [6.07, 6.45) is 4.82. The molecule has 1 aromatic carbocycles. The van der Waals surface area contributed by atoms with Crippen molar-refractivity contribution >= 4 is 11.6 Å². The van der Waals surface area contributed by atoms with Gasteiger partial charge in [-0.1, -0.05) is 12.1 Å². The largest absolute Gasteiger partial charge is 0.497 e. The summed E-state index contributed by atoms with van der Waals surface area (Å²) in [5.41, 5.74) is 5.04. The Morgan fingerprint density at radius 1 is 0.923 bits per heavy atom. The number of ether oxygens (including phenoxy) is 1. The van der Waals surface area contributed by atoms with Crippen molar-refractivity contribution in [1.82, 2.24) is 4.90 Å². The van der Waals surface area contributed by atoms with Crippen LogP contribution in [0.5, 0.6) is 5.75 Å². The van der Waals surface area contributed by atoms with Crippen LogP contribution in [0.3, 0.4) is 0 Å². The number of ketones is 2. The molecule has 4 nitrogen and oxygen atoms in total. The fraction of sp³-hybridized carbons (Fsp3) is 0.455. The average molecular weight is 351 g/mol. The van der Waals surface area contributed by atoms with E-state index >= 15 is 0 Å². The molecule has 136 valence electrons. The van der Waals surface area contributed by atoms with Gasteiger partial charge < -0.3 is 9.64 Å². The normalized spacial score (nSPS) is 21.1. The molecule has 0 saturated carbocycles. The Morgan fingerprint density at radius 3 is 1.92 bits per heavy atom. The maximum Gasteiger partial charge on any atom is 0.161 e. The van der Waals surface area contributed by atoms with Gasteiger partial charge in [0.25, 0.3) is 0 Å². The molecule has 0 bridgehead atoms. The van der Waals surface area contributed by atoms with Crippen molar-refractivity contribution in [3.05, 3.63) is 52.4 Å². The molecule has 1 aliphatic heterocycles. The molecule has 1 heterocycles. The number of methoxy groups -OCH3 is 1. The first kappa shape index (κ1) is 17.1. The third-order valence-corrected chi connectivity index (χ3v) is 5.85. The van der Waals surface area contributed by atoms with Crippen molar-refractivity contribution in [3.63, 3.8) is 0 Å². The Morgan fingerprint density at radius 2 is 1.46 bits per heavy atom. The molecule has 0 amide bonds. The Labute approximate surface area is 154 Å². The fourth-order valence-corrected chi connectivity index (χ4v) is 4.73. The first-order valence-corrected chi connectivity index (χ1v) is 9.59. The van der Waals surface area contributed by atoms with E-state index < -0.39 is 0 Å². The van der Waals surface area contributed by atoms with E-state index in [1.165, 1.54) is 0 Å². The van der Waals surface area contributed by atoms with E-state index in [0.29, 0.717) is 12.8 Å². The molecule has 0 saturated heterocycles. The van der Waals surface area contributed by atoms with Gasteiger partial charge in [-0.2, -0.15) is 0 Å². The van der Waals surface area contributed by atoms with Crippen LogP contribution in [-0.4, -0.2) is 30.1 Å². The molecule has 0 N–H and O–H groups in total. The summed E-state index contributed by atoms with van der Waals surface area (Å²) in [4.78, 5) is 28.1. The lowest BCUT2D eigenvalue weighted by Gasteiger charge is -2.43. The van der Waals surface area contributed by atoms with Gasteiger partial charge in [-0.05, 0) is 50.3 Å². The number of nitrogens with zero attached hydrogens (tertiary/aromatic N) is 1. The van der Waals surface area contributed by atoms with Gasteiger partial charge in [-0.3, -0.25) is 9.59 Å². The molecule has 0 spiro atoms. The zero-order valence-electron chi connectivity index (χ0n) is 15.5. The Hall–Kier alpha value is -2.36. The lowest BCUT2D eigenvalue weighted by Crippen LogP contribution is -2.39. The van der Waals surface area contributed by atoms with E-state index in [-0.39, 0.29) is 17.5 Å². The van der Waals surface area contributed by atoms with Crippen molar-refractivity contribution in [1.29, 1.82) is 0 Å². The van der Waals surface area contributed by atoms with Crippen LogP contribution >= 0.6 is 0 Å². The third-order valence-electron chi connectivity index (χ3n) is 5.85. The van der Waals surface area contributed by atoms with Crippen molar-refractivity contribution in [3.8, 4) is 5.75 Å². The number of rotatable bonds is 3. The van der Waals surface area contributed by atoms with E-state index in [2.05, 4.69) is 11.8 Å². The fourth-order valence-electron chi connectivity index (χ4n) is 4.73. The van der Waals surface area contributed by atoms with Gasteiger partial charge >= 0.3 is 0 Å². The molecule has 1 aromatic rings. The molecular weight excluding hydrogens is 326 g/mol. The molecule has 3 aliphatic rings. The van der Waals surface area contributed by atoms with E-state index in [0.717, 1.165) is 66.1 Å². The molecule has 4 rings (SSSR count). The number of carbonyl (C=O) groups excluding carboxylic acids is 2. The standard InChI is InChI=1S/C22H25NO3/c1-3-23-16-6-4-8-18(24)21(16)20(14-10-12-15(26-2)13-11-14)22-17(23)7-5-9-19(22)25/h10-13,20H,3-9H2,1-2H3. The molecule has 26 heavy (non-hydrogen) atoms.